The lowest BCUT2D eigenvalue weighted by Crippen LogP contribution is -2.20. The summed E-state index contributed by atoms with van der Waals surface area (Å²) in [6.45, 7) is 4.21. The second-order valence-corrected chi connectivity index (χ2v) is 7.74. The molecule has 2 N–H and O–H groups in total. The van der Waals surface area contributed by atoms with Crippen LogP contribution >= 0.6 is 0 Å². The molecule has 0 aromatic rings. The van der Waals surface area contributed by atoms with E-state index in [-0.39, 0.29) is 11.8 Å². The lowest BCUT2D eigenvalue weighted by molar-refractivity contribution is -0.121. The fourth-order valence-corrected chi connectivity index (χ4v) is 3.19. The number of rotatable bonds is 19. The van der Waals surface area contributed by atoms with E-state index in [0.717, 1.165) is 12.8 Å². The maximum atomic E-state index is 10.9. The SMILES string of the molecule is CCCCCCCC/C=C\CCCCCCCCCCC(C)C(N)=O. The van der Waals surface area contributed by atoms with Crippen LogP contribution in [-0.2, 0) is 4.79 Å². The molecule has 0 heterocycles. The first-order valence-corrected chi connectivity index (χ1v) is 11.1. The van der Waals surface area contributed by atoms with E-state index in [9.17, 15) is 4.79 Å². The summed E-state index contributed by atoms with van der Waals surface area (Å²) in [5, 5.41) is 0. The molecule has 0 bridgehead atoms. The maximum Gasteiger partial charge on any atom is 0.220 e. The Labute approximate surface area is 158 Å². The molecule has 0 aromatic heterocycles. The van der Waals surface area contributed by atoms with Crippen LogP contribution in [0.2, 0.25) is 0 Å². The molecule has 2 nitrogen and oxygen atoms in total. The van der Waals surface area contributed by atoms with Gasteiger partial charge in [0.25, 0.3) is 0 Å². The number of amides is 1. The predicted octanol–water partition coefficient (Wildman–Crippen LogP) is 7.32. The molecule has 0 radical (unpaired) electrons. The highest BCUT2D eigenvalue weighted by Crippen LogP contribution is 2.13. The number of allylic oxidation sites excluding steroid dienone is 2. The first-order valence-electron chi connectivity index (χ1n) is 11.1. The minimum absolute atomic E-state index is 0.0501. The Kier molecular flexibility index (Phi) is 18.9. The van der Waals surface area contributed by atoms with Crippen LogP contribution in [0, 0.1) is 5.92 Å². The third-order valence-corrected chi connectivity index (χ3v) is 5.13. The van der Waals surface area contributed by atoms with Crippen molar-refractivity contribution in [3.8, 4) is 0 Å². The smallest absolute Gasteiger partial charge is 0.220 e. The monoisotopic (exact) mass is 351 g/mol. The van der Waals surface area contributed by atoms with Gasteiger partial charge < -0.3 is 5.73 Å². The van der Waals surface area contributed by atoms with E-state index in [4.69, 9.17) is 5.73 Å². The van der Waals surface area contributed by atoms with Crippen molar-refractivity contribution < 1.29 is 4.79 Å². The highest BCUT2D eigenvalue weighted by molar-refractivity contribution is 5.76. The van der Waals surface area contributed by atoms with Gasteiger partial charge in [-0.2, -0.15) is 0 Å². The number of nitrogens with two attached hydrogens (primary N) is 1. The number of hydrogen-bond donors (Lipinski definition) is 1. The zero-order valence-corrected chi connectivity index (χ0v) is 17.2. The molecule has 0 spiro atoms. The van der Waals surface area contributed by atoms with E-state index < -0.39 is 0 Å². The van der Waals surface area contributed by atoms with Crippen molar-refractivity contribution in [2.45, 2.75) is 123 Å². The van der Waals surface area contributed by atoms with E-state index in [1.807, 2.05) is 6.92 Å². The second kappa shape index (κ2) is 19.5. The largest absolute Gasteiger partial charge is 0.369 e. The van der Waals surface area contributed by atoms with Crippen molar-refractivity contribution in [2.75, 3.05) is 0 Å². The van der Waals surface area contributed by atoms with Crippen molar-refractivity contribution in [3.05, 3.63) is 12.2 Å². The van der Waals surface area contributed by atoms with Gasteiger partial charge in [-0.25, -0.2) is 0 Å². The predicted molar refractivity (Wildman–Crippen MR) is 112 cm³/mol. The number of unbranched alkanes of at least 4 members (excludes halogenated alkanes) is 14. The van der Waals surface area contributed by atoms with E-state index in [1.54, 1.807) is 0 Å². The molecule has 1 amide bonds. The van der Waals surface area contributed by atoms with Gasteiger partial charge >= 0.3 is 0 Å². The molecule has 2 heteroatoms. The molecule has 0 rings (SSSR count). The van der Waals surface area contributed by atoms with E-state index in [2.05, 4.69) is 19.1 Å². The third-order valence-electron chi connectivity index (χ3n) is 5.13. The van der Waals surface area contributed by atoms with Crippen molar-refractivity contribution in [3.63, 3.8) is 0 Å². The maximum absolute atomic E-state index is 10.9. The molecule has 25 heavy (non-hydrogen) atoms. The van der Waals surface area contributed by atoms with Gasteiger partial charge in [0.1, 0.15) is 0 Å². The number of carbonyl (C=O) groups excluding carboxylic acids is 1. The highest BCUT2D eigenvalue weighted by Gasteiger charge is 2.06. The van der Waals surface area contributed by atoms with Gasteiger partial charge in [-0.05, 0) is 32.1 Å². The van der Waals surface area contributed by atoms with Gasteiger partial charge in [-0.1, -0.05) is 103 Å². The van der Waals surface area contributed by atoms with Gasteiger partial charge in [0.05, 0.1) is 0 Å². The Morgan fingerprint density at radius 2 is 1.12 bits per heavy atom. The molecule has 1 atom stereocenters. The standard InChI is InChI=1S/C23H45NO/c1-3-4-5-6-7-8-9-10-11-12-13-14-15-16-17-18-19-20-21-22(2)23(24)25/h10-11,22H,3-9,12-21H2,1-2H3,(H2,24,25)/b11-10-. The number of primary amides is 1. The highest BCUT2D eigenvalue weighted by atomic mass is 16.1. The Morgan fingerprint density at radius 1 is 0.720 bits per heavy atom. The van der Waals surface area contributed by atoms with Gasteiger partial charge in [0.2, 0.25) is 5.91 Å². The van der Waals surface area contributed by atoms with E-state index >= 15 is 0 Å². The van der Waals surface area contributed by atoms with Crippen LogP contribution in [-0.4, -0.2) is 5.91 Å². The first kappa shape index (κ1) is 24.2. The molecule has 0 aliphatic heterocycles. The van der Waals surface area contributed by atoms with Crippen LogP contribution in [0.4, 0.5) is 0 Å². The van der Waals surface area contributed by atoms with E-state index in [1.165, 1.54) is 96.3 Å². The van der Waals surface area contributed by atoms with Crippen LogP contribution in [0.1, 0.15) is 123 Å². The van der Waals surface area contributed by atoms with Crippen LogP contribution in [0.3, 0.4) is 0 Å². The second-order valence-electron chi connectivity index (χ2n) is 7.74. The summed E-state index contributed by atoms with van der Waals surface area (Å²) >= 11 is 0. The van der Waals surface area contributed by atoms with Crippen molar-refractivity contribution in [1.82, 2.24) is 0 Å². The lowest BCUT2D eigenvalue weighted by atomic mass is 10.0. The van der Waals surface area contributed by atoms with Gasteiger partial charge in [0, 0.05) is 5.92 Å². The number of carbonyl (C=O) groups is 1. The van der Waals surface area contributed by atoms with Gasteiger partial charge in [0.15, 0.2) is 0 Å². The summed E-state index contributed by atoms with van der Waals surface area (Å²) in [7, 11) is 0. The topological polar surface area (TPSA) is 43.1 Å². The quantitative estimate of drug-likeness (QED) is 0.192. The summed E-state index contributed by atoms with van der Waals surface area (Å²) < 4.78 is 0. The average Bonchev–Trinajstić information content (AvgIpc) is 2.60. The molecule has 0 fully saturated rings. The summed E-state index contributed by atoms with van der Waals surface area (Å²) in [6.07, 6.45) is 27.2. The minimum Gasteiger partial charge on any atom is -0.369 e. The molecule has 0 aromatic carbocycles. The van der Waals surface area contributed by atoms with Crippen molar-refractivity contribution in [2.24, 2.45) is 11.7 Å². The van der Waals surface area contributed by atoms with Gasteiger partial charge in [-0.3, -0.25) is 4.79 Å². The normalized spacial score (nSPS) is 12.7. The minimum atomic E-state index is -0.152. The Bertz CT molecular complexity index is 311. The molecule has 0 saturated carbocycles. The van der Waals surface area contributed by atoms with Crippen LogP contribution in [0.5, 0.6) is 0 Å². The summed E-state index contributed by atoms with van der Waals surface area (Å²) in [6, 6.07) is 0. The fraction of sp³-hybridized carbons (Fsp3) is 0.870. The van der Waals surface area contributed by atoms with Gasteiger partial charge in [-0.15, -0.1) is 0 Å². The Morgan fingerprint density at radius 3 is 1.56 bits per heavy atom. The van der Waals surface area contributed by atoms with Crippen LogP contribution < -0.4 is 5.73 Å². The summed E-state index contributed by atoms with van der Waals surface area (Å²) in [4.78, 5) is 10.9. The zero-order valence-electron chi connectivity index (χ0n) is 17.2. The van der Waals surface area contributed by atoms with Crippen molar-refractivity contribution in [1.29, 1.82) is 0 Å². The molecule has 0 saturated heterocycles. The molecule has 1 unspecified atom stereocenters. The van der Waals surface area contributed by atoms with E-state index in [0.29, 0.717) is 0 Å². The number of hydrogen-bond acceptors (Lipinski definition) is 1. The van der Waals surface area contributed by atoms with Crippen LogP contribution in [0.15, 0.2) is 12.2 Å². The van der Waals surface area contributed by atoms with Crippen LogP contribution in [0.25, 0.3) is 0 Å². The first-order chi connectivity index (χ1) is 12.2. The molecule has 0 aliphatic carbocycles. The summed E-state index contributed by atoms with van der Waals surface area (Å²) in [5.41, 5.74) is 5.27. The average molecular weight is 352 g/mol. The molecule has 0 aliphatic rings. The zero-order chi connectivity index (χ0) is 18.6. The molecular weight excluding hydrogens is 306 g/mol. The third kappa shape index (κ3) is 19.4. The summed E-state index contributed by atoms with van der Waals surface area (Å²) in [5.74, 6) is -0.102. The Balaban J connectivity index is 3.13. The van der Waals surface area contributed by atoms with Crippen molar-refractivity contribution >= 4 is 5.91 Å². The fourth-order valence-electron chi connectivity index (χ4n) is 3.19. The molecule has 148 valence electrons. The Hall–Kier alpha value is -0.790. The molecular formula is C23H45NO. The lowest BCUT2D eigenvalue weighted by Gasteiger charge is -2.06.